The molecule has 3 aromatic carbocycles. The summed E-state index contributed by atoms with van der Waals surface area (Å²) in [5.41, 5.74) is 6.40. The fourth-order valence-corrected chi connectivity index (χ4v) is 4.43. The molecule has 1 amide bonds. The molecular formula is C27H26N4O. The maximum Gasteiger partial charge on any atom is 0.247 e. The zero-order valence-electron chi connectivity index (χ0n) is 18.1. The highest BCUT2D eigenvalue weighted by Gasteiger charge is 2.31. The van der Waals surface area contributed by atoms with Gasteiger partial charge in [0.2, 0.25) is 5.91 Å². The fourth-order valence-electron chi connectivity index (χ4n) is 4.43. The molecule has 5 rings (SSSR count). The highest BCUT2D eigenvalue weighted by molar-refractivity contribution is 5.97. The lowest BCUT2D eigenvalue weighted by molar-refractivity contribution is -0.117. The summed E-state index contributed by atoms with van der Waals surface area (Å²) < 4.78 is 1.87. The van der Waals surface area contributed by atoms with Crippen LogP contribution in [-0.4, -0.2) is 28.3 Å². The SMILES string of the molecule is Cn1nccc1-c1ccc(N2CCCC2C(=O)Nc2ccc(-c3ccccc3)cc2)cc1. The van der Waals surface area contributed by atoms with Gasteiger partial charge in [-0.2, -0.15) is 5.10 Å². The lowest BCUT2D eigenvalue weighted by Crippen LogP contribution is -2.39. The van der Waals surface area contributed by atoms with Crippen molar-refractivity contribution in [2.75, 3.05) is 16.8 Å². The van der Waals surface area contributed by atoms with Crippen LogP contribution in [-0.2, 0) is 11.8 Å². The van der Waals surface area contributed by atoms with Gasteiger partial charge in [-0.25, -0.2) is 0 Å². The summed E-state index contributed by atoms with van der Waals surface area (Å²) in [6.07, 6.45) is 3.67. The molecule has 1 aromatic heterocycles. The van der Waals surface area contributed by atoms with Gasteiger partial charge in [-0.3, -0.25) is 9.48 Å². The number of benzene rings is 3. The number of nitrogens with zero attached hydrogens (tertiary/aromatic N) is 3. The van der Waals surface area contributed by atoms with Crippen LogP contribution in [0, 0.1) is 0 Å². The minimum absolute atomic E-state index is 0.0469. The van der Waals surface area contributed by atoms with E-state index in [-0.39, 0.29) is 11.9 Å². The highest BCUT2D eigenvalue weighted by Crippen LogP contribution is 2.29. The molecule has 0 saturated carbocycles. The van der Waals surface area contributed by atoms with Crippen LogP contribution in [0.4, 0.5) is 11.4 Å². The number of anilines is 2. The summed E-state index contributed by atoms with van der Waals surface area (Å²) in [6.45, 7) is 0.885. The molecule has 1 saturated heterocycles. The molecular weight excluding hydrogens is 396 g/mol. The number of aromatic nitrogens is 2. The number of hydrogen-bond acceptors (Lipinski definition) is 3. The number of carbonyl (C=O) groups excluding carboxylic acids is 1. The van der Waals surface area contributed by atoms with Crippen molar-refractivity contribution in [1.82, 2.24) is 9.78 Å². The number of aryl methyl sites for hydroxylation is 1. The Morgan fingerprint density at radius 3 is 2.25 bits per heavy atom. The van der Waals surface area contributed by atoms with E-state index in [1.54, 1.807) is 6.20 Å². The monoisotopic (exact) mass is 422 g/mol. The molecule has 5 nitrogen and oxygen atoms in total. The lowest BCUT2D eigenvalue weighted by Gasteiger charge is -2.26. The highest BCUT2D eigenvalue weighted by atomic mass is 16.2. The molecule has 1 fully saturated rings. The molecule has 1 atom stereocenters. The van der Waals surface area contributed by atoms with Gasteiger partial charge in [-0.1, -0.05) is 54.6 Å². The van der Waals surface area contributed by atoms with Gasteiger partial charge >= 0.3 is 0 Å². The third-order valence-electron chi connectivity index (χ3n) is 6.13. The van der Waals surface area contributed by atoms with Crippen molar-refractivity contribution < 1.29 is 4.79 Å². The van der Waals surface area contributed by atoms with Gasteiger partial charge < -0.3 is 10.2 Å². The maximum absolute atomic E-state index is 13.1. The zero-order valence-corrected chi connectivity index (χ0v) is 18.1. The predicted octanol–water partition coefficient (Wildman–Crippen LogP) is 5.36. The average molecular weight is 423 g/mol. The second-order valence-electron chi connectivity index (χ2n) is 8.17. The first-order valence-corrected chi connectivity index (χ1v) is 11.0. The number of hydrogen-bond donors (Lipinski definition) is 1. The molecule has 160 valence electrons. The molecule has 0 radical (unpaired) electrons. The molecule has 0 bridgehead atoms. The number of nitrogens with one attached hydrogen (secondary N) is 1. The Bertz CT molecular complexity index is 1200. The first-order valence-electron chi connectivity index (χ1n) is 11.0. The van der Waals surface area contributed by atoms with Gasteiger partial charge in [-0.15, -0.1) is 0 Å². The average Bonchev–Trinajstić information content (AvgIpc) is 3.50. The Morgan fingerprint density at radius 1 is 0.875 bits per heavy atom. The Kier molecular flexibility index (Phi) is 5.46. The van der Waals surface area contributed by atoms with Gasteiger partial charge in [0, 0.05) is 31.2 Å². The van der Waals surface area contributed by atoms with Crippen LogP contribution >= 0.6 is 0 Å². The molecule has 1 unspecified atom stereocenters. The van der Waals surface area contributed by atoms with Crippen LogP contribution in [0.1, 0.15) is 12.8 Å². The van der Waals surface area contributed by atoms with E-state index in [4.69, 9.17) is 0 Å². The molecule has 1 aliphatic heterocycles. The normalized spacial score (nSPS) is 15.7. The number of carbonyl (C=O) groups is 1. The molecule has 32 heavy (non-hydrogen) atoms. The fraction of sp³-hybridized carbons (Fsp3) is 0.185. The molecule has 4 aromatic rings. The van der Waals surface area contributed by atoms with Crippen LogP contribution in [0.2, 0.25) is 0 Å². The van der Waals surface area contributed by atoms with Crippen molar-refractivity contribution in [1.29, 1.82) is 0 Å². The molecule has 5 heteroatoms. The summed E-state index contributed by atoms with van der Waals surface area (Å²) >= 11 is 0. The lowest BCUT2D eigenvalue weighted by atomic mass is 10.1. The van der Waals surface area contributed by atoms with Crippen molar-refractivity contribution in [2.24, 2.45) is 7.05 Å². The third kappa shape index (κ3) is 4.02. The van der Waals surface area contributed by atoms with Crippen LogP contribution in [0.15, 0.2) is 91.1 Å². The van der Waals surface area contributed by atoms with Crippen molar-refractivity contribution in [2.45, 2.75) is 18.9 Å². The predicted molar refractivity (Wildman–Crippen MR) is 130 cm³/mol. The van der Waals surface area contributed by atoms with E-state index in [0.717, 1.165) is 47.6 Å². The summed E-state index contributed by atoms with van der Waals surface area (Å²) in [5.74, 6) is 0.0469. The Morgan fingerprint density at radius 2 is 1.56 bits per heavy atom. The largest absolute Gasteiger partial charge is 0.360 e. The molecule has 2 heterocycles. The Labute approximate surface area is 188 Å². The summed E-state index contributed by atoms with van der Waals surface area (Å²) in [5, 5.41) is 7.36. The van der Waals surface area contributed by atoms with E-state index in [9.17, 15) is 4.79 Å². The van der Waals surface area contributed by atoms with E-state index >= 15 is 0 Å². The summed E-state index contributed by atoms with van der Waals surface area (Å²) in [7, 11) is 1.94. The van der Waals surface area contributed by atoms with E-state index in [1.165, 1.54) is 5.56 Å². The number of rotatable bonds is 5. The van der Waals surface area contributed by atoms with E-state index < -0.39 is 0 Å². The van der Waals surface area contributed by atoms with Crippen molar-refractivity contribution in [3.8, 4) is 22.4 Å². The minimum atomic E-state index is -0.161. The minimum Gasteiger partial charge on any atom is -0.360 e. The van der Waals surface area contributed by atoms with E-state index in [0.29, 0.717) is 0 Å². The molecule has 1 aliphatic rings. The van der Waals surface area contributed by atoms with Gasteiger partial charge in [-0.05, 0) is 59.9 Å². The van der Waals surface area contributed by atoms with Crippen LogP contribution in [0.25, 0.3) is 22.4 Å². The second kappa shape index (κ2) is 8.71. The number of amides is 1. The summed E-state index contributed by atoms with van der Waals surface area (Å²) in [4.78, 5) is 15.3. The van der Waals surface area contributed by atoms with E-state index in [1.807, 2.05) is 48.1 Å². The first kappa shape index (κ1) is 20.1. The van der Waals surface area contributed by atoms with Crippen LogP contribution in [0.3, 0.4) is 0 Å². The Balaban J connectivity index is 1.28. The van der Waals surface area contributed by atoms with Crippen molar-refractivity contribution in [3.05, 3.63) is 91.1 Å². The standard InChI is InChI=1S/C27H26N4O/c1-30-25(17-18-28-30)22-11-15-24(16-12-22)31-19-5-8-26(31)27(32)29-23-13-9-21(10-14-23)20-6-3-2-4-7-20/h2-4,6-7,9-18,26H,5,8,19H2,1H3,(H,29,32). The van der Waals surface area contributed by atoms with Crippen LogP contribution in [0.5, 0.6) is 0 Å². The van der Waals surface area contributed by atoms with Crippen molar-refractivity contribution in [3.63, 3.8) is 0 Å². The maximum atomic E-state index is 13.1. The zero-order chi connectivity index (χ0) is 21.9. The second-order valence-corrected chi connectivity index (χ2v) is 8.17. The van der Waals surface area contributed by atoms with Crippen molar-refractivity contribution >= 4 is 17.3 Å². The smallest absolute Gasteiger partial charge is 0.247 e. The van der Waals surface area contributed by atoms with Gasteiger partial charge in [0.05, 0.1) is 5.69 Å². The molecule has 1 N–H and O–H groups in total. The van der Waals surface area contributed by atoms with Crippen LogP contribution < -0.4 is 10.2 Å². The quantitative estimate of drug-likeness (QED) is 0.471. The van der Waals surface area contributed by atoms with Gasteiger partial charge in [0.25, 0.3) is 0 Å². The van der Waals surface area contributed by atoms with Gasteiger partial charge in [0.1, 0.15) is 6.04 Å². The van der Waals surface area contributed by atoms with E-state index in [2.05, 4.69) is 63.8 Å². The van der Waals surface area contributed by atoms with Gasteiger partial charge in [0.15, 0.2) is 0 Å². The Hall–Kier alpha value is -3.86. The first-order chi connectivity index (χ1) is 15.7. The summed E-state index contributed by atoms with van der Waals surface area (Å²) in [6, 6.07) is 28.5. The molecule has 0 aliphatic carbocycles. The topological polar surface area (TPSA) is 50.2 Å². The molecule has 0 spiro atoms. The third-order valence-corrected chi connectivity index (χ3v) is 6.13.